The lowest BCUT2D eigenvalue weighted by atomic mass is 10.1. The van der Waals surface area contributed by atoms with E-state index >= 15 is 0 Å². The summed E-state index contributed by atoms with van der Waals surface area (Å²) in [7, 11) is 0. The Bertz CT molecular complexity index is 1050. The molecular formula is C23H17FN2O. The van der Waals surface area contributed by atoms with Crippen LogP contribution in [0.2, 0.25) is 0 Å². The molecule has 0 aliphatic carbocycles. The maximum absolute atomic E-state index is 13.2. The van der Waals surface area contributed by atoms with Crippen LogP contribution in [0.1, 0.15) is 16.7 Å². The highest BCUT2D eigenvalue weighted by Gasteiger charge is 2.32. The summed E-state index contributed by atoms with van der Waals surface area (Å²) >= 11 is 0. The molecule has 27 heavy (non-hydrogen) atoms. The van der Waals surface area contributed by atoms with E-state index in [0.717, 1.165) is 22.4 Å². The van der Waals surface area contributed by atoms with Crippen LogP contribution >= 0.6 is 0 Å². The SMILES string of the molecule is Cc1cccc(C2=NC(=Cc3ccc(F)cc3)C(=O)N2c2ccccc2)c1. The molecule has 1 amide bonds. The molecule has 0 saturated carbocycles. The molecule has 0 fully saturated rings. The van der Waals surface area contributed by atoms with Crippen LogP contribution in [-0.2, 0) is 4.79 Å². The molecule has 0 N–H and O–H groups in total. The minimum Gasteiger partial charge on any atom is -0.266 e. The summed E-state index contributed by atoms with van der Waals surface area (Å²) in [6.07, 6.45) is 1.68. The van der Waals surface area contributed by atoms with E-state index in [9.17, 15) is 9.18 Å². The zero-order chi connectivity index (χ0) is 18.8. The number of rotatable bonds is 3. The minimum atomic E-state index is -0.315. The molecule has 3 aromatic carbocycles. The first-order valence-electron chi connectivity index (χ1n) is 8.64. The van der Waals surface area contributed by atoms with Crippen molar-refractivity contribution in [1.82, 2.24) is 0 Å². The van der Waals surface area contributed by atoms with Crippen LogP contribution in [-0.4, -0.2) is 11.7 Å². The summed E-state index contributed by atoms with van der Waals surface area (Å²) in [6.45, 7) is 2.00. The fourth-order valence-corrected chi connectivity index (χ4v) is 3.03. The molecule has 0 radical (unpaired) electrons. The maximum Gasteiger partial charge on any atom is 0.282 e. The molecule has 1 aliphatic heterocycles. The van der Waals surface area contributed by atoms with Crippen LogP contribution in [0.3, 0.4) is 0 Å². The van der Waals surface area contributed by atoms with Crippen LogP contribution in [0.15, 0.2) is 89.6 Å². The van der Waals surface area contributed by atoms with Crippen molar-refractivity contribution in [3.63, 3.8) is 0 Å². The minimum absolute atomic E-state index is 0.206. The smallest absolute Gasteiger partial charge is 0.266 e. The normalized spacial score (nSPS) is 15.3. The molecule has 1 heterocycles. The van der Waals surface area contributed by atoms with Gasteiger partial charge in [-0.3, -0.25) is 9.69 Å². The first kappa shape index (κ1) is 16.9. The molecule has 0 spiro atoms. The van der Waals surface area contributed by atoms with Gasteiger partial charge in [-0.1, -0.05) is 54.1 Å². The van der Waals surface area contributed by atoms with Gasteiger partial charge in [0.1, 0.15) is 17.3 Å². The van der Waals surface area contributed by atoms with Gasteiger partial charge in [0.2, 0.25) is 0 Å². The number of halogens is 1. The van der Waals surface area contributed by atoms with Gasteiger partial charge in [-0.15, -0.1) is 0 Å². The zero-order valence-corrected chi connectivity index (χ0v) is 14.8. The van der Waals surface area contributed by atoms with Crippen molar-refractivity contribution in [1.29, 1.82) is 0 Å². The van der Waals surface area contributed by atoms with Gasteiger partial charge in [0, 0.05) is 5.56 Å². The van der Waals surface area contributed by atoms with Gasteiger partial charge < -0.3 is 0 Å². The number of hydrogen-bond donors (Lipinski definition) is 0. The maximum atomic E-state index is 13.2. The Kier molecular flexibility index (Phi) is 4.38. The number of carbonyl (C=O) groups excluding carboxylic acids is 1. The quantitative estimate of drug-likeness (QED) is 0.610. The number of aliphatic imine (C=N–C) groups is 1. The topological polar surface area (TPSA) is 32.7 Å². The van der Waals surface area contributed by atoms with E-state index in [4.69, 9.17) is 0 Å². The predicted molar refractivity (Wildman–Crippen MR) is 106 cm³/mol. The van der Waals surface area contributed by atoms with E-state index in [1.54, 1.807) is 23.1 Å². The van der Waals surface area contributed by atoms with Crippen LogP contribution in [0, 0.1) is 12.7 Å². The summed E-state index contributed by atoms with van der Waals surface area (Å²) in [6, 6.07) is 23.3. The summed E-state index contributed by atoms with van der Waals surface area (Å²) < 4.78 is 13.2. The molecule has 132 valence electrons. The van der Waals surface area contributed by atoms with Gasteiger partial charge in [-0.2, -0.15) is 0 Å². The summed E-state index contributed by atoms with van der Waals surface area (Å²) in [4.78, 5) is 19.3. The summed E-state index contributed by atoms with van der Waals surface area (Å²) in [5, 5.41) is 0. The number of hydrogen-bond acceptors (Lipinski definition) is 2. The molecular weight excluding hydrogens is 339 g/mol. The third-order valence-electron chi connectivity index (χ3n) is 4.32. The summed E-state index contributed by atoms with van der Waals surface area (Å²) in [5.41, 5.74) is 3.76. The third-order valence-corrected chi connectivity index (χ3v) is 4.32. The first-order chi connectivity index (χ1) is 13.1. The van der Waals surface area contributed by atoms with Crippen molar-refractivity contribution in [3.8, 4) is 0 Å². The number of amides is 1. The van der Waals surface area contributed by atoms with Gasteiger partial charge in [-0.25, -0.2) is 9.38 Å². The predicted octanol–water partition coefficient (Wildman–Crippen LogP) is 4.97. The Morgan fingerprint density at radius 3 is 2.37 bits per heavy atom. The van der Waals surface area contributed by atoms with Crippen molar-refractivity contribution in [2.24, 2.45) is 4.99 Å². The largest absolute Gasteiger partial charge is 0.282 e. The lowest BCUT2D eigenvalue weighted by Gasteiger charge is -2.18. The van der Waals surface area contributed by atoms with E-state index in [-0.39, 0.29) is 11.7 Å². The highest BCUT2D eigenvalue weighted by atomic mass is 19.1. The second-order valence-corrected chi connectivity index (χ2v) is 6.36. The first-order valence-corrected chi connectivity index (χ1v) is 8.64. The van der Waals surface area contributed by atoms with E-state index in [2.05, 4.69) is 4.99 Å². The standard InChI is InChI=1S/C23H17FN2O/c1-16-6-5-7-18(14-16)22-25-21(15-17-10-12-19(24)13-11-17)23(27)26(22)20-8-3-2-4-9-20/h2-15H,1H3. The van der Waals surface area contributed by atoms with Crippen molar-refractivity contribution in [2.45, 2.75) is 6.92 Å². The molecule has 1 aliphatic rings. The van der Waals surface area contributed by atoms with E-state index in [1.807, 2.05) is 61.5 Å². The van der Waals surface area contributed by atoms with Gasteiger partial charge in [0.15, 0.2) is 0 Å². The molecule has 4 heteroatoms. The van der Waals surface area contributed by atoms with Gasteiger partial charge >= 0.3 is 0 Å². The summed E-state index contributed by atoms with van der Waals surface area (Å²) in [5.74, 6) is 0.0649. The van der Waals surface area contributed by atoms with Gasteiger partial charge in [-0.05, 0) is 48.9 Å². The Hall–Kier alpha value is -3.53. The van der Waals surface area contributed by atoms with Crippen LogP contribution in [0.25, 0.3) is 6.08 Å². The average molecular weight is 356 g/mol. The van der Waals surface area contributed by atoms with E-state index < -0.39 is 0 Å². The fraction of sp³-hybridized carbons (Fsp3) is 0.0435. The number of carbonyl (C=O) groups is 1. The average Bonchev–Trinajstić information content (AvgIpc) is 3.01. The number of para-hydroxylation sites is 1. The monoisotopic (exact) mass is 356 g/mol. The molecule has 0 saturated heterocycles. The Morgan fingerprint density at radius 1 is 0.926 bits per heavy atom. The molecule has 0 aromatic heterocycles. The van der Waals surface area contributed by atoms with Crippen molar-refractivity contribution in [3.05, 3.63) is 107 Å². The van der Waals surface area contributed by atoms with Gasteiger partial charge in [0.05, 0.1) is 5.69 Å². The van der Waals surface area contributed by atoms with Crippen LogP contribution in [0.5, 0.6) is 0 Å². The van der Waals surface area contributed by atoms with Crippen molar-refractivity contribution >= 4 is 23.5 Å². The molecule has 3 aromatic rings. The number of nitrogens with zero attached hydrogens (tertiary/aromatic N) is 2. The second kappa shape index (κ2) is 7.00. The van der Waals surface area contributed by atoms with Gasteiger partial charge in [0.25, 0.3) is 5.91 Å². The Labute approximate surface area is 157 Å². The third kappa shape index (κ3) is 3.42. The molecule has 3 nitrogen and oxygen atoms in total. The lowest BCUT2D eigenvalue weighted by molar-refractivity contribution is -0.113. The Morgan fingerprint density at radius 2 is 1.67 bits per heavy atom. The number of amidine groups is 1. The number of anilines is 1. The number of benzene rings is 3. The second-order valence-electron chi connectivity index (χ2n) is 6.36. The molecule has 0 atom stereocenters. The van der Waals surface area contributed by atoms with E-state index in [1.165, 1.54) is 12.1 Å². The van der Waals surface area contributed by atoms with Crippen molar-refractivity contribution < 1.29 is 9.18 Å². The fourth-order valence-electron chi connectivity index (χ4n) is 3.03. The van der Waals surface area contributed by atoms with Crippen LogP contribution in [0.4, 0.5) is 10.1 Å². The van der Waals surface area contributed by atoms with Crippen LogP contribution < -0.4 is 4.90 Å². The molecule has 4 rings (SSSR count). The molecule has 0 bridgehead atoms. The lowest BCUT2D eigenvalue weighted by Crippen LogP contribution is -2.32. The molecule has 0 unspecified atom stereocenters. The highest BCUT2D eigenvalue weighted by Crippen LogP contribution is 2.28. The Balaban J connectivity index is 1.82. The van der Waals surface area contributed by atoms with E-state index in [0.29, 0.717) is 11.5 Å². The number of aryl methyl sites for hydroxylation is 1. The zero-order valence-electron chi connectivity index (χ0n) is 14.8. The van der Waals surface area contributed by atoms with Crippen molar-refractivity contribution in [2.75, 3.05) is 4.90 Å². The highest BCUT2D eigenvalue weighted by molar-refractivity contribution is 6.33.